The van der Waals surface area contributed by atoms with E-state index in [9.17, 15) is 18.0 Å². The Morgan fingerprint density at radius 3 is 2.15 bits per heavy atom. The van der Waals surface area contributed by atoms with Gasteiger partial charge in [0.15, 0.2) is 0 Å². The van der Waals surface area contributed by atoms with E-state index in [1.165, 1.54) is 41.3 Å². The van der Waals surface area contributed by atoms with Crippen LogP contribution in [0, 0.1) is 0 Å². The lowest BCUT2D eigenvalue weighted by atomic mass is 10.1. The number of carbonyl (C=O) groups excluding carboxylic acids is 2. The van der Waals surface area contributed by atoms with Gasteiger partial charge in [-0.2, -0.15) is 0 Å². The number of unbranched alkanes of at least 4 members (excludes halogenated alkanes) is 1. The van der Waals surface area contributed by atoms with Gasteiger partial charge in [0.2, 0.25) is 11.8 Å². The minimum atomic E-state index is -4.24. The Balaban J connectivity index is 2.04. The number of halogens is 4. The molecular formula is C28H29Cl4N3O4S. The largest absolute Gasteiger partial charge is 0.354 e. The van der Waals surface area contributed by atoms with Gasteiger partial charge in [-0.05, 0) is 61.4 Å². The number of benzene rings is 3. The Morgan fingerprint density at radius 2 is 1.55 bits per heavy atom. The van der Waals surface area contributed by atoms with E-state index in [1.807, 2.05) is 6.92 Å². The molecular weight excluding hydrogens is 616 g/mol. The molecule has 40 heavy (non-hydrogen) atoms. The molecule has 0 spiro atoms. The Bertz CT molecular complexity index is 1430. The third-order valence-electron chi connectivity index (χ3n) is 6.10. The molecule has 0 aliphatic rings. The maximum absolute atomic E-state index is 13.9. The van der Waals surface area contributed by atoms with Crippen LogP contribution < -0.4 is 9.62 Å². The van der Waals surface area contributed by atoms with Crippen molar-refractivity contribution in [2.24, 2.45) is 0 Å². The molecule has 1 N–H and O–H groups in total. The maximum atomic E-state index is 13.9. The third-order valence-corrected chi connectivity index (χ3v) is 8.91. The summed E-state index contributed by atoms with van der Waals surface area (Å²) in [6, 6.07) is 15.8. The summed E-state index contributed by atoms with van der Waals surface area (Å²) in [5.74, 6) is -1.02. The van der Waals surface area contributed by atoms with Gasteiger partial charge in [0.1, 0.15) is 12.6 Å². The Hall–Kier alpha value is -2.49. The van der Waals surface area contributed by atoms with Gasteiger partial charge in [-0.3, -0.25) is 13.9 Å². The first-order valence-electron chi connectivity index (χ1n) is 12.5. The van der Waals surface area contributed by atoms with Gasteiger partial charge < -0.3 is 10.2 Å². The van der Waals surface area contributed by atoms with Crippen molar-refractivity contribution >= 4 is 73.9 Å². The van der Waals surface area contributed by atoms with Crippen LogP contribution >= 0.6 is 46.4 Å². The predicted octanol–water partition coefficient (Wildman–Crippen LogP) is 6.83. The summed E-state index contributed by atoms with van der Waals surface area (Å²) in [4.78, 5) is 28.2. The van der Waals surface area contributed by atoms with Crippen molar-refractivity contribution in [1.82, 2.24) is 10.2 Å². The monoisotopic (exact) mass is 643 g/mol. The molecule has 12 heteroatoms. The SMILES string of the molecule is CCCCNC(=O)[C@@H](C)N(Cc1ccc(Cl)cc1Cl)C(=O)CN(c1cc(Cl)cc(Cl)c1)S(=O)(=O)c1ccccc1. The molecule has 0 bridgehead atoms. The zero-order chi connectivity index (χ0) is 29.4. The van der Waals surface area contributed by atoms with E-state index >= 15 is 0 Å². The molecule has 0 fully saturated rings. The first-order chi connectivity index (χ1) is 18.9. The molecule has 2 amide bonds. The number of hydrogen-bond donors (Lipinski definition) is 1. The van der Waals surface area contributed by atoms with E-state index in [0.717, 1.165) is 17.1 Å². The molecule has 0 radical (unpaired) electrons. The van der Waals surface area contributed by atoms with Crippen LogP contribution in [-0.4, -0.2) is 44.3 Å². The maximum Gasteiger partial charge on any atom is 0.264 e. The molecule has 214 valence electrons. The molecule has 7 nitrogen and oxygen atoms in total. The van der Waals surface area contributed by atoms with Crippen molar-refractivity contribution in [3.8, 4) is 0 Å². The van der Waals surface area contributed by atoms with Crippen LogP contribution in [-0.2, 0) is 26.2 Å². The molecule has 0 saturated carbocycles. The molecule has 0 aromatic heterocycles. The molecule has 0 saturated heterocycles. The predicted molar refractivity (Wildman–Crippen MR) is 162 cm³/mol. The fraction of sp³-hybridized carbons (Fsp3) is 0.286. The van der Waals surface area contributed by atoms with Gasteiger partial charge in [0.25, 0.3) is 10.0 Å². The highest BCUT2D eigenvalue weighted by Gasteiger charge is 2.33. The lowest BCUT2D eigenvalue weighted by Gasteiger charge is -2.32. The van der Waals surface area contributed by atoms with Gasteiger partial charge in [-0.25, -0.2) is 8.42 Å². The summed E-state index contributed by atoms with van der Waals surface area (Å²) in [5, 5.41) is 3.93. The van der Waals surface area contributed by atoms with Gasteiger partial charge in [0, 0.05) is 33.2 Å². The Kier molecular flexibility index (Phi) is 11.5. The van der Waals surface area contributed by atoms with E-state index in [-0.39, 0.29) is 33.1 Å². The highest BCUT2D eigenvalue weighted by Crippen LogP contribution is 2.30. The second kappa shape index (κ2) is 14.4. The number of anilines is 1. The topological polar surface area (TPSA) is 86.8 Å². The quantitative estimate of drug-likeness (QED) is 0.219. The Morgan fingerprint density at radius 1 is 0.900 bits per heavy atom. The fourth-order valence-electron chi connectivity index (χ4n) is 3.88. The summed E-state index contributed by atoms with van der Waals surface area (Å²) in [6.45, 7) is 3.32. The van der Waals surface area contributed by atoms with Crippen molar-refractivity contribution in [1.29, 1.82) is 0 Å². The molecule has 0 heterocycles. The van der Waals surface area contributed by atoms with Crippen molar-refractivity contribution in [2.75, 3.05) is 17.4 Å². The van der Waals surface area contributed by atoms with Gasteiger partial charge in [-0.1, -0.05) is 84.0 Å². The van der Waals surface area contributed by atoms with E-state index in [2.05, 4.69) is 5.32 Å². The van der Waals surface area contributed by atoms with E-state index in [0.29, 0.717) is 22.2 Å². The fourth-order valence-corrected chi connectivity index (χ4v) is 6.29. The molecule has 1 atom stereocenters. The van der Waals surface area contributed by atoms with Crippen LogP contribution in [0.2, 0.25) is 20.1 Å². The van der Waals surface area contributed by atoms with Gasteiger partial charge in [0.05, 0.1) is 10.6 Å². The van der Waals surface area contributed by atoms with Gasteiger partial charge >= 0.3 is 0 Å². The summed E-state index contributed by atoms with van der Waals surface area (Å²) in [6.07, 6.45) is 1.65. The van der Waals surface area contributed by atoms with Crippen molar-refractivity contribution in [3.63, 3.8) is 0 Å². The number of nitrogens with one attached hydrogen (secondary N) is 1. The third kappa shape index (κ3) is 8.27. The van der Waals surface area contributed by atoms with Crippen LogP contribution in [0.5, 0.6) is 0 Å². The molecule has 0 unspecified atom stereocenters. The number of nitrogens with zero attached hydrogens (tertiary/aromatic N) is 2. The van der Waals surface area contributed by atoms with Crippen LogP contribution in [0.1, 0.15) is 32.3 Å². The summed E-state index contributed by atoms with van der Waals surface area (Å²) in [7, 11) is -4.24. The van der Waals surface area contributed by atoms with Crippen LogP contribution in [0.15, 0.2) is 71.6 Å². The van der Waals surface area contributed by atoms with Gasteiger partial charge in [-0.15, -0.1) is 0 Å². The molecule has 0 aliphatic heterocycles. The number of sulfonamides is 1. The highest BCUT2D eigenvalue weighted by molar-refractivity contribution is 7.92. The van der Waals surface area contributed by atoms with Crippen molar-refractivity contribution in [2.45, 2.75) is 44.2 Å². The summed E-state index contributed by atoms with van der Waals surface area (Å²) < 4.78 is 28.5. The number of hydrogen-bond acceptors (Lipinski definition) is 4. The van der Waals surface area contributed by atoms with Crippen LogP contribution in [0.25, 0.3) is 0 Å². The average Bonchev–Trinajstić information content (AvgIpc) is 2.90. The minimum Gasteiger partial charge on any atom is -0.354 e. The van der Waals surface area contributed by atoms with E-state index in [1.54, 1.807) is 37.3 Å². The van der Waals surface area contributed by atoms with Crippen LogP contribution in [0.4, 0.5) is 5.69 Å². The van der Waals surface area contributed by atoms with E-state index < -0.39 is 28.5 Å². The Labute approximate surface area is 255 Å². The highest BCUT2D eigenvalue weighted by atomic mass is 35.5. The first kappa shape index (κ1) is 32.0. The number of carbonyl (C=O) groups is 2. The molecule has 3 rings (SSSR count). The zero-order valence-electron chi connectivity index (χ0n) is 21.9. The standard InChI is InChI=1S/C28H29Cl4N3O4S/c1-3-4-12-33-28(37)19(2)34(17-20-10-11-21(29)16-26(20)32)27(36)18-35(24-14-22(30)13-23(31)15-24)40(38,39)25-8-6-5-7-9-25/h5-11,13-16,19H,3-4,12,17-18H2,1-2H3,(H,33,37)/t19-/m1/s1. The number of amides is 2. The van der Waals surface area contributed by atoms with Crippen LogP contribution in [0.3, 0.4) is 0 Å². The number of rotatable bonds is 12. The average molecular weight is 645 g/mol. The second-order valence-electron chi connectivity index (χ2n) is 9.03. The smallest absolute Gasteiger partial charge is 0.264 e. The lowest BCUT2D eigenvalue weighted by Crippen LogP contribution is -2.51. The summed E-state index contributed by atoms with van der Waals surface area (Å²) >= 11 is 24.8. The molecule has 0 aliphatic carbocycles. The second-order valence-corrected chi connectivity index (χ2v) is 12.6. The summed E-state index contributed by atoms with van der Waals surface area (Å²) in [5.41, 5.74) is 0.634. The first-order valence-corrected chi connectivity index (χ1v) is 15.4. The van der Waals surface area contributed by atoms with Crippen molar-refractivity contribution in [3.05, 3.63) is 92.4 Å². The molecule has 3 aromatic rings. The van der Waals surface area contributed by atoms with E-state index in [4.69, 9.17) is 46.4 Å². The normalized spacial score (nSPS) is 12.1. The zero-order valence-corrected chi connectivity index (χ0v) is 25.8. The molecule has 3 aromatic carbocycles. The van der Waals surface area contributed by atoms with Crippen molar-refractivity contribution < 1.29 is 18.0 Å². The minimum absolute atomic E-state index is 0.0310. The lowest BCUT2D eigenvalue weighted by molar-refractivity contribution is -0.139.